The van der Waals surface area contributed by atoms with Gasteiger partial charge in [0.05, 0.1) is 24.4 Å². The van der Waals surface area contributed by atoms with E-state index in [1.807, 2.05) is 0 Å². The van der Waals surface area contributed by atoms with Crippen LogP contribution in [0.2, 0.25) is 5.02 Å². The molecule has 11 nitrogen and oxygen atoms in total. The summed E-state index contributed by atoms with van der Waals surface area (Å²) in [6.07, 6.45) is 5.13. The molecule has 0 aliphatic heterocycles. The molecule has 31 heavy (non-hydrogen) atoms. The highest BCUT2D eigenvalue weighted by Crippen LogP contribution is 2.28. The summed E-state index contributed by atoms with van der Waals surface area (Å²) in [7, 11) is 1.55. The van der Waals surface area contributed by atoms with Gasteiger partial charge < -0.3 is 20.1 Å². The monoisotopic (exact) mass is 440 g/mol. The number of imidazole rings is 1. The average molecular weight is 441 g/mol. The Morgan fingerprint density at radius 2 is 2.19 bits per heavy atom. The van der Waals surface area contributed by atoms with Crippen molar-refractivity contribution >= 4 is 35.0 Å². The lowest BCUT2D eigenvalue weighted by molar-refractivity contribution is 0.415. The van der Waals surface area contributed by atoms with E-state index in [9.17, 15) is 9.90 Å². The van der Waals surface area contributed by atoms with Crippen LogP contribution >= 0.6 is 11.6 Å². The molecule has 1 fully saturated rings. The first-order chi connectivity index (χ1) is 15.0. The van der Waals surface area contributed by atoms with Crippen molar-refractivity contribution in [3.05, 3.63) is 56.4 Å². The van der Waals surface area contributed by atoms with E-state index in [0.29, 0.717) is 38.9 Å². The maximum atomic E-state index is 11.4. The Morgan fingerprint density at radius 1 is 1.35 bits per heavy atom. The van der Waals surface area contributed by atoms with E-state index >= 15 is 0 Å². The number of ether oxygens (including phenoxy) is 1. The van der Waals surface area contributed by atoms with Gasteiger partial charge in [-0.05, 0) is 37.1 Å². The molecule has 158 valence electrons. The number of aromatic hydroxyl groups is 1. The van der Waals surface area contributed by atoms with Crippen molar-refractivity contribution in [2.75, 3.05) is 12.4 Å². The molecule has 0 spiro atoms. The fourth-order valence-corrected chi connectivity index (χ4v) is 3.27. The lowest BCUT2D eigenvalue weighted by Crippen LogP contribution is -2.24. The molecule has 3 heterocycles. The maximum absolute atomic E-state index is 11.4. The molecule has 5 rings (SSSR count). The minimum atomic E-state index is -0.516. The molecule has 0 saturated heterocycles. The molecule has 1 aliphatic rings. The summed E-state index contributed by atoms with van der Waals surface area (Å²) in [6.45, 7) is 0. The lowest BCUT2D eigenvalue weighted by Gasteiger charge is -2.08. The van der Waals surface area contributed by atoms with Crippen LogP contribution in [0.3, 0.4) is 0 Å². The molecule has 1 aromatic carbocycles. The summed E-state index contributed by atoms with van der Waals surface area (Å²) in [5.41, 5.74) is 1.23. The van der Waals surface area contributed by atoms with Crippen molar-refractivity contribution < 1.29 is 9.84 Å². The van der Waals surface area contributed by atoms with Gasteiger partial charge in [0.1, 0.15) is 11.4 Å². The molecule has 1 aliphatic carbocycles. The Kier molecular flexibility index (Phi) is 4.59. The number of methoxy groups -OCH3 is 1. The number of nitrogens with zero attached hydrogens (tertiary/aromatic N) is 5. The summed E-state index contributed by atoms with van der Waals surface area (Å²) < 4.78 is 6.71. The van der Waals surface area contributed by atoms with Crippen LogP contribution in [0.25, 0.3) is 11.7 Å². The van der Waals surface area contributed by atoms with E-state index in [1.54, 1.807) is 37.6 Å². The molecule has 12 heteroatoms. The number of H-pyrrole nitrogens is 2. The third kappa shape index (κ3) is 3.82. The predicted molar refractivity (Wildman–Crippen MR) is 113 cm³/mol. The standard InChI is InChI=1S/C19H17ClN8O3/c1-31-14-5-4-11(7-12(14)20)22-17-25-15-9(6-13-16(29)26-19(30)24-13)8-21-28(15)18(27-17)23-10-2-3-10/h4-8,10,29H,2-3H2,1H3,(H,22,23,27)(H2,24,26,30)/b9-6+. The number of halogens is 1. The largest absolute Gasteiger partial charge is 0.495 e. The first-order valence-corrected chi connectivity index (χ1v) is 9.81. The molecule has 3 aromatic heterocycles. The van der Waals surface area contributed by atoms with Crippen molar-refractivity contribution in [2.45, 2.75) is 18.9 Å². The quantitative estimate of drug-likeness (QED) is 0.360. The van der Waals surface area contributed by atoms with Crippen LogP contribution in [0.1, 0.15) is 18.5 Å². The van der Waals surface area contributed by atoms with E-state index in [0.717, 1.165) is 12.8 Å². The molecule has 0 atom stereocenters. The Balaban J connectivity index is 1.64. The number of benzene rings is 1. The second-order valence-corrected chi connectivity index (χ2v) is 7.41. The van der Waals surface area contributed by atoms with Crippen molar-refractivity contribution in [3.8, 4) is 11.6 Å². The van der Waals surface area contributed by atoms with Crippen LogP contribution in [-0.2, 0) is 0 Å². The smallest absolute Gasteiger partial charge is 0.326 e. The summed E-state index contributed by atoms with van der Waals surface area (Å²) in [6, 6.07) is 5.45. The number of nitrogens with one attached hydrogen (secondary N) is 3. The van der Waals surface area contributed by atoms with Gasteiger partial charge in [-0.3, -0.25) is 4.98 Å². The number of anilines is 2. The zero-order valence-electron chi connectivity index (χ0n) is 16.3. The summed E-state index contributed by atoms with van der Waals surface area (Å²) in [5, 5.41) is 18.3. The molecule has 4 N–H and O–H groups in total. The Labute approximate surface area is 179 Å². The first-order valence-electron chi connectivity index (χ1n) is 9.43. The minimum absolute atomic E-state index is 0.211. The number of aromatic amines is 2. The lowest BCUT2D eigenvalue weighted by atomic mass is 10.3. The van der Waals surface area contributed by atoms with Gasteiger partial charge in [-0.1, -0.05) is 11.6 Å². The van der Waals surface area contributed by atoms with Gasteiger partial charge in [0.25, 0.3) is 5.62 Å². The van der Waals surface area contributed by atoms with Gasteiger partial charge in [-0.15, -0.1) is 0 Å². The fraction of sp³-hybridized carbons (Fsp3) is 0.211. The first kappa shape index (κ1) is 19.1. The fourth-order valence-electron chi connectivity index (χ4n) is 3.01. The van der Waals surface area contributed by atoms with Crippen LogP contribution in [0, 0.1) is 0 Å². The Morgan fingerprint density at radius 3 is 2.87 bits per heavy atom. The van der Waals surface area contributed by atoms with Crippen LogP contribution in [0.5, 0.6) is 11.6 Å². The van der Waals surface area contributed by atoms with E-state index in [2.05, 4.69) is 35.3 Å². The van der Waals surface area contributed by atoms with Gasteiger partial charge in [0, 0.05) is 10.9 Å². The normalized spacial score (nSPS) is 15.0. The molecule has 0 radical (unpaired) electrons. The number of rotatable bonds is 5. The van der Waals surface area contributed by atoms with E-state index in [-0.39, 0.29) is 17.6 Å². The summed E-state index contributed by atoms with van der Waals surface area (Å²) in [4.78, 5) is 29.9. The third-order valence-electron chi connectivity index (χ3n) is 4.67. The second-order valence-electron chi connectivity index (χ2n) is 7.00. The molecule has 1 saturated carbocycles. The molecule has 0 amide bonds. The molecule has 0 unspecified atom stereocenters. The molecular formula is C19H17ClN8O3. The number of hydrogen-bond acceptors (Lipinski definition) is 8. The zero-order chi connectivity index (χ0) is 21.5. The van der Waals surface area contributed by atoms with Crippen LogP contribution < -0.4 is 26.6 Å². The van der Waals surface area contributed by atoms with Crippen molar-refractivity contribution in [1.29, 1.82) is 0 Å². The minimum Gasteiger partial charge on any atom is -0.495 e. The Bertz CT molecular complexity index is 1470. The maximum Gasteiger partial charge on any atom is 0.326 e. The molecular weight excluding hydrogens is 424 g/mol. The third-order valence-corrected chi connectivity index (χ3v) is 4.96. The number of aromatic nitrogens is 6. The van der Waals surface area contributed by atoms with E-state index in [1.165, 1.54) is 4.52 Å². The van der Waals surface area contributed by atoms with E-state index in [4.69, 9.17) is 16.3 Å². The predicted octanol–water partition coefficient (Wildman–Crippen LogP) is 0.863. The Hall–Kier alpha value is -3.86. The van der Waals surface area contributed by atoms with Crippen molar-refractivity contribution in [1.82, 2.24) is 29.5 Å². The highest BCUT2D eigenvalue weighted by Gasteiger charge is 2.21. The van der Waals surface area contributed by atoms with Gasteiger partial charge in [0.2, 0.25) is 11.8 Å². The second kappa shape index (κ2) is 7.43. The van der Waals surface area contributed by atoms with Gasteiger partial charge in [-0.2, -0.15) is 19.6 Å². The highest BCUT2D eigenvalue weighted by molar-refractivity contribution is 6.32. The number of fused-ring (bicyclic) bond motifs is 1. The van der Waals surface area contributed by atoms with Gasteiger partial charge >= 0.3 is 5.69 Å². The van der Waals surface area contributed by atoms with Crippen LogP contribution in [0.15, 0.2) is 34.2 Å². The number of hydrogen-bond donors (Lipinski definition) is 4. The van der Waals surface area contributed by atoms with Crippen LogP contribution in [-0.4, -0.2) is 47.8 Å². The molecule has 0 bridgehead atoms. The van der Waals surface area contributed by atoms with Crippen molar-refractivity contribution in [3.63, 3.8) is 0 Å². The van der Waals surface area contributed by atoms with Gasteiger partial charge in [-0.25, -0.2) is 9.79 Å². The summed E-state index contributed by atoms with van der Waals surface area (Å²) >= 11 is 6.21. The summed E-state index contributed by atoms with van der Waals surface area (Å²) in [5.74, 6) is 0.587. The van der Waals surface area contributed by atoms with Crippen molar-refractivity contribution in [2.24, 2.45) is 4.99 Å². The van der Waals surface area contributed by atoms with Gasteiger partial charge in [0.15, 0.2) is 5.65 Å². The topological polar surface area (TPSA) is 146 Å². The van der Waals surface area contributed by atoms with Crippen LogP contribution in [0.4, 0.5) is 11.6 Å². The average Bonchev–Trinajstić information content (AvgIpc) is 3.37. The highest BCUT2D eigenvalue weighted by atomic mass is 35.5. The van der Waals surface area contributed by atoms with E-state index < -0.39 is 5.69 Å². The zero-order valence-corrected chi connectivity index (χ0v) is 17.0. The SMILES string of the molecule is COc1ccc(Nc2nc(=NC3CC3)n3nc/c(=C\c4[nH]c(=O)[nH]c4O)c3n2)cc1Cl. The molecule has 4 aromatic rings.